The Balaban J connectivity index is 1.72. The summed E-state index contributed by atoms with van der Waals surface area (Å²) in [6.07, 6.45) is 3.15. The first-order chi connectivity index (χ1) is 16.5. The van der Waals surface area contributed by atoms with Gasteiger partial charge in [0.1, 0.15) is 17.6 Å². The standard InChI is InChI=1S/C27H24ClN3O3/c1-31-17-30-15-25(31)27(19-6-4-18(14-29)5-7-19)34-16-20-8-9-21(28)12-23(20)24-13-22(32-2)10-11-26(24)33-3/h4-13,15,17,27H,16H2,1-3H3. The van der Waals surface area contributed by atoms with Crippen LogP contribution in [0.25, 0.3) is 11.1 Å². The maximum atomic E-state index is 9.16. The number of hydrogen-bond donors (Lipinski definition) is 0. The third kappa shape index (κ3) is 4.91. The number of rotatable bonds is 8. The molecular formula is C27H24ClN3O3. The molecule has 1 atom stereocenters. The van der Waals surface area contributed by atoms with E-state index in [-0.39, 0.29) is 6.10 Å². The van der Waals surface area contributed by atoms with Gasteiger partial charge in [0.15, 0.2) is 0 Å². The van der Waals surface area contributed by atoms with E-state index in [2.05, 4.69) is 11.1 Å². The lowest BCUT2D eigenvalue weighted by Crippen LogP contribution is -2.11. The molecule has 0 amide bonds. The number of hydrogen-bond acceptors (Lipinski definition) is 5. The number of aryl methyl sites for hydroxylation is 1. The highest BCUT2D eigenvalue weighted by molar-refractivity contribution is 6.30. The van der Waals surface area contributed by atoms with Gasteiger partial charge in [0.25, 0.3) is 0 Å². The lowest BCUT2D eigenvalue weighted by molar-refractivity contribution is 0.0624. The van der Waals surface area contributed by atoms with Crippen LogP contribution in [0.5, 0.6) is 11.5 Å². The number of methoxy groups -OCH3 is 2. The monoisotopic (exact) mass is 473 g/mol. The lowest BCUT2D eigenvalue weighted by atomic mass is 9.98. The molecule has 1 aromatic heterocycles. The van der Waals surface area contributed by atoms with Crippen molar-refractivity contribution in [1.82, 2.24) is 9.55 Å². The molecule has 0 bridgehead atoms. The summed E-state index contributed by atoms with van der Waals surface area (Å²) in [6, 6.07) is 20.9. The third-order valence-corrected chi connectivity index (χ3v) is 5.87. The summed E-state index contributed by atoms with van der Waals surface area (Å²) in [6.45, 7) is 0.308. The number of ether oxygens (including phenoxy) is 3. The Labute approximate surface area is 203 Å². The summed E-state index contributed by atoms with van der Waals surface area (Å²) >= 11 is 6.37. The van der Waals surface area contributed by atoms with Crippen LogP contribution in [-0.2, 0) is 18.4 Å². The number of imidazole rings is 1. The predicted octanol–water partition coefficient (Wildman–Crippen LogP) is 5.94. The van der Waals surface area contributed by atoms with Gasteiger partial charge in [0, 0.05) is 17.6 Å². The smallest absolute Gasteiger partial charge is 0.126 e. The fourth-order valence-electron chi connectivity index (χ4n) is 3.83. The molecule has 0 fully saturated rings. The van der Waals surface area contributed by atoms with Gasteiger partial charge in [-0.2, -0.15) is 5.26 Å². The third-order valence-electron chi connectivity index (χ3n) is 5.64. The van der Waals surface area contributed by atoms with Gasteiger partial charge in [-0.3, -0.25) is 0 Å². The van der Waals surface area contributed by atoms with Crippen molar-refractivity contribution in [2.24, 2.45) is 7.05 Å². The first-order valence-electron chi connectivity index (χ1n) is 10.6. The Kier molecular flexibility index (Phi) is 7.17. The first-order valence-corrected chi connectivity index (χ1v) is 11.0. The predicted molar refractivity (Wildman–Crippen MR) is 131 cm³/mol. The number of nitriles is 1. The molecular weight excluding hydrogens is 450 g/mol. The maximum Gasteiger partial charge on any atom is 0.126 e. The number of benzene rings is 3. The molecule has 0 saturated heterocycles. The van der Waals surface area contributed by atoms with Crippen molar-refractivity contribution in [2.75, 3.05) is 14.2 Å². The van der Waals surface area contributed by atoms with Crippen LogP contribution in [0.3, 0.4) is 0 Å². The molecule has 0 aliphatic rings. The average Bonchev–Trinajstić information content (AvgIpc) is 3.30. The summed E-state index contributed by atoms with van der Waals surface area (Å²) in [5, 5.41) is 9.77. The van der Waals surface area contributed by atoms with E-state index in [4.69, 9.17) is 31.1 Å². The molecule has 0 saturated carbocycles. The number of halogens is 1. The molecule has 4 rings (SSSR count). The van der Waals surface area contributed by atoms with Crippen LogP contribution in [0, 0.1) is 11.3 Å². The Morgan fingerprint density at radius 3 is 2.44 bits per heavy atom. The van der Waals surface area contributed by atoms with Gasteiger partial charge in [-0.15, -0.1) is 0 Å². The van der Waals surface area contributed by atoms with E-state index in [0.717, 1.165) is 27.9 Å². The fraction of sp³-hybridized carbons (Fsp3) is 0.185. The minimum absolute atomic E-state index is 0.308. The molecule has 7 heteroatoms. The van der Waals surface area contributed by atoms with Crippen LogP contribution in [0.15, 0.2) is 73.2 Å². The molecule has 172 valence electrons. The molecule has 6 nitrogen and oxygen atoms in total. The maximum absolute atomic E-state index is 9.16. The molecule has 0 aliphatic carbocycles. The number of aromatic nitrogens is 2. The molecule has 0 spiro atoms. The highest BCUT2D eigenvalue weighted by Crippen LogP contribution is 2.38. The van der Waals surface area contributed by atoms with Crippen LogP contribution in [0.1, 0.15) is 28.5 Å². The summed E-state index contributed by atoms with van der Waals surface area (Å²) in [5.41, 5.74) is 5.12. The largest absolute Gasteiger partial charge is 0.497 e. The molecule has 0 N–H and O–H groups in total. The first kappa shape index (κ1) is 23.4. The fourth-order valence-corrected chi connectivity index (χ4v) is 4.00. The Morgan fingerprint density at radius 2 is 1.79 bits per heavy atom. The highest BCUT2D eigenvalue weighted by atomic mass is 35.5. The SMILES string of the molecule is COc1ccc(OC)c(-c2cc(Cl)ccc2COC(c2ccc(C#N)cc2)c2cncn2C)c1. The van der Waals surface area contributed by atoms with Gasteiger partial charge < -0.3 is 18.8 Å². The summed E-state index contributed by atoms with van der Waals surface area (Å²) in [4.78, 5) is 4.26. The van der Waals surface area contributed by atoms with Crippen molar-refractivity contribution >= 4 is 11.6 Å². The van der Waals surface area contributed by atoms with Gasteiger partial charge in [0.05, 0.1) is 50.7 Å². The molecule has 0 radical (unpaired) electrons. The second kappa shape index (κ2) is 10.4. The Morgan fingerprint density at radius 1 is 1.00 bits per heavy atom. The quantitative estimate of drug-likeness (QED) is 0.317. The van der Waals surface area contributed by atoms with E-state index < -0.39 is 0 Å². The summed E-state index contributed by atoms with van der Waals surface area (Å²) in [5.74, 6) is 1.42. The zero-order valence-corrected chi connectivity index (χ0v) is 19.9. The Hall–Kier alpha value is -3.79. The van der Waals surface area contributed by atoms with Gasteiger partial charge in [-0.1, -0.05) is 29.8 Å². The van der Waals surface area contributed by atoms with Crippen molar-refractivity contribution in [2.45, 2.75) is 12.7 Å². The van der Waals surface area contributed by atoms with Crippen molar-refractivity contribution in [3.63, 3.8) is 0 Å². The van der Waals surface area contributed by atoms with E-state index in [9.17, 15) is 0 Å². The van der Waals surface area contributed by atoms with Gasteiger partial charge in [-0.05, 0) is 59.2 Å². The second-order valence-electron chi connectivity index (χ2n) is 7.72. The molecule has 3 aromatic carbocycles. The van der Waals surface area contributed by atoms with E-state index in [0.29, 0.717) is 28.7 Å². The van der Waals surface area contributed by atoms with E-state index in [1.165, 1.54) is 0 Å². The summed E-state index contributed by atoms with van der Waals surface area (Å²) in [7, 11) is 5.19. The number of nitrogens with zero attached hydrogens (tertiary/aromatic N) is 3. The van der Waals surface area contributed by atoms with Crippen molar-refractivity contribution in [1.29, 1.82) is 5.26 Å². The van der Waals surface area contributed by atoms with Crippen molar-refractivity contribution < 1.29 is 14.2 Å². The topological polar surface area (TPSA) is 69.3 Å². The molecule has 1 unspecified atom stereocenters. The normalized spacial score (nSPS) is 11.6. The van der Waals surface area contributed by atoms with Gasteiger partial charge in [0.2, 0.25) is 0 Å². The van der Waals surface area contributed by atoms with Crippen LogP contribution < -0.4 is 9.47 Å². The summed E-state index contributed by atoms with van der Waals surface area (Å²) < 4.78 is 19.5. The molecule has 4 aromatic rings. The zero-order chi connectivity index (χ0) is 24.1. The Bertz CT molecular complexity index is 1330. The molecule has 0 aliphatic heterocycles. The van der Waals surface area contributed by atoms with Crippen LogP contribution in [0.2, 0.25) is 5.02 Å². The molecule has 1 heterocycles. The zero-order valence-electron chi connectivity index (χ0n) is 19.2. The van der Waals surface area contributed by atoms with Gasteiger partial charge >= 0.3 is 0 Å². The van der Waals surface area contributed by atoms with Crippen molar-refractivity contribution in [3.8, 4) is 28.7 Å². The minimum Gasteiger partial charge on any atom is -0.497 e. The van der Waals surface area contributed by atoms with Crippen LogP contribution >= 0.6 is 11.6 Å². The average molecular weight is 474 g/mol. The van der Waals surface area contributed by atoms with E-state index >= 15 is 0 Å². The minimum atomic E-state index is -0.379. The highest BCUT2D eigenvalue weighted by Gasteiger charge is 2.20. The van der Waals surface area contributed by atoms with Crippen LogP contribution in [-0.4, -0.2) is 23.8 Å². The lowest BCUT2D eigenvalue weighted by Gasteiger charge is -2.21. The van der Waals surface area contributed by atoms with E-state index in [1.54, 1.807) is 38.9 Å². The van der Waals surface area contributed by atoms with Gasteiger partial charge in [-0.25, -0.2) is 4.98 Å². The van der Waals surface area contributed by atoms with E-state index in [1.807, 2.05) is 60.1 Å². The second-order valence-corrected chi connectivity index (χ2v) is 8.16. The van der Waals surface area contributed by atoms with Crippen LogP contribution in [0.4, 0.5) is 0 Å². The molecule has 34 heavy (non-hydrogen) atoms. The van der Waals surface area contributed by atoms with Crippen molar-refractivity contribution in [3.05, 3.63) is 101 Å².